The van der Waals surface area contributed by atoms with E-state index in [0.717, 1.165) is 0 Å². The first-order chi connectivity index (χ1) is 10.0. The highest BCUT2D eigenvalue weighted by atomic mass is 35.5. The van der Waals surface area contributed by atoms with Crippen molar-refractivity contribution in [1.82, 2.24) is 0 Å². The summed E-state index contributed by atoms with van der Waals surface area (Å²) in [5.41, 5.74) is 8.12. The summed E-state index contributed by atoms with van der Waals surface area (Å²) in [4.78, 5) is 11.4. The van der Waals surface area contributed by atoms with E-state index in [0.29, 0.717) is 38.5 Å². The molecule has 0 unspecified atom stereocenters. The van der Waals surface area contributed by atoms with Gasteiger partial charge in [0.05, 0.1) is 32.8 Å². The number of rotatable bonds is 2. The first-order valence-electron chi connectivity index (χ1n) is 6.12. The Morgan fingerprint density at radius 3 is 2.67 bits per heavy atom. The van der Waals surface area contributed by atoms with Gasteiger partial charge in [-0.05, 0) is 18.2 Å². The van der Waals surface area contributed by atoms with Crippen LogP contribution in [0.4, 0.5) is 22.7 Å². The number of amides is 1. The number of anilines is 4. The van der Waals surface area contributed by atoms with Crippen LogP contribution >= 0.6 is 23.2 Å². The zero-order chi connectivity index (χ0) is 15.0. The largest absolute Gasteiger partial charge is 0.482 e. The van der Waals surface area contributed by atoms with Gasteiger partial charge in [0.2, 0.25) is 0 Å². The fourth-order valence-corrected chi connectivity index (χ4v) is 2.49. The minimum atomic E-state index is -0.214. The summed E-state index contributed by atoms with van der Waals surface area (Å²) in [5.74, 6) is 0.317. The lowest BCUT2D eigenvalue weighted by molar-refractivity contribution is -0.118. The maximum atomic E-state index is 11.4. The monoisotopic (exact) mass is 323 g/mol. The Morgan fingerprint density at radius 1 is 1.24 bits per heavy atom. The predicted octanol–water partition coefficient (Wildman–Crippen LogP) is 3.65. The Balaban J connectivity index is 1.99. The molecule has 0 spiro atoms. The highest BCUT2D eigenvalue weighted by Gasteiger charge is 2.18. The van der Waals surface area contributed by atoms with E-state index in [2.05, 4.69) is 10.6 Å². The molecule has 0 radical (unpaired) electrons. The molecular formula is C14H11Cl2N3O2. The van der Waals surface area contributed by atoms with E-state index >= 15 is 0 Å². The van der Waals surface area contributed by atoms with Crippen molar-refractivity contribution in [1.29, 1.82) is 0 Å². The standard InChI is InChI=1S/C14H11Cl2N3O2/c15-7-2-1-3-8(16)14(7)19-10-5-11-12(4-9(10)17)21-6-13(20)18-11/h1-5,19H,6,17H2,(H,18,20). The maximum Gasteiger partial charge on any atom is 0.262 e. The molecule has 108 valence electrons. The van der Waals surface area contributed by atoms with Crippen molar-refractivity contribution in [2.45, 2.75) is 0 Å². The zero-order valence-electron chi connectivity index (χ0n) is 10.7. The molecule has 4 N–H and O–H groups in total. The predicted molar refractivity (Wildman–Crippen MR) is 84.7 cm³/mol. The molecule has 2 aromatic rings. The molecule has 1 heterocycles. The second-order valence-electron chi connectivity index (χ2n) is 4.49. The Morgan fingerprint density at radius 2 is 1.95 bits per heavy atom. The third kappa shape index (κ3) is 2.70. The van der Waals surface area contributed by atoms with Crippen LogP contribution in [0.2, 0.25) is 10.0 Å². The Hall–Kier alpha value is -2.11. The molecule has 1 amide bonds. The van der Waals surface area contributed by atoms with Crippen LogP contribution in [-0.4, -0.2) is 12.5 Å². The summed E-state index contributed by atoms with van der Waals surface area (Å²) in [5, 5.41) is 6.74. The van der Waals surface area contributed by atoms with Crippen LogP contribution in [0.5, 0.6) is 5.75 Å². The molecule has 0 bridgehead atoms. The Bertz CT molecular complexity index is 714. The number of para-hydroxylation sites is 1. The van der Waals surface area contributed by atoms with E-state index in [-0.39, 0.29) is 12.5 Å². The number of carbonyl (C=O) groups excluding carboxylic acids is 1. The van der Waals surface area contributed by atoms with Gasteiger partial charge in [0.15, 0.2) is 6.61 Å². The van der Waals surface area contributed by atoms with E-state index < -0.39 is 0 Å². The van der Waals surface area contributed by atoms with Crippen LogP contribution in [0.15, 0.2) is 30.3 Å². The minimum absolute atomic E-state index is 0.0183. The summed E-state index contributed by atoms with van der Waals surface area (Å²) in [6.07, 6.45) is 0. The molecule has 0 saturated heterocycles. The van der Waals surface area contributed by atoms with Gasteiger partial charge in [-0.25, -0.2) is 0 Å². The highest BCUT2D eigenvalue weighted by Crippen LogP contribution is 2.39. The topological polar surface area (TPSA) is 76.4 Å². The molecule has 21 heavy (non-hydrogen) atoms. The second-order valence-corrected chi connectivity index (χ2v) is 5.31. The van der Waals surface area contributed by atoms with Crippen molar-refractivity contribution < 1.29 is 9.53 Å². The molecule has 5 nitrogen and oxygen atoms in total. The number of fused-ring (bicyclic) bond motifs is 1. The van der Waals surface area contributed by atoms with Crippen molar-refractivity contribution in [2.24, 2.45) is 0 Å². The molecule has 0 aliphatic carbocycles. The maximum absolute atomic E-state index is 11.4. The van der Waals surface area contributed by atoms with Gasteiger partial charge in [0.1, 0.15) is 5.75 Å². The number of nitrogens with one attached hydrogen (secondary N) is 2. The number of benzene rings is 2. The average Bonchev–Trinajstić information content (AvgIpc) is 2.44. The lowest BCUT2D eigenvalue weighted by Crippen LogP contribution is -2.25. The quantitative estimate of drug-likeness (QED) is 0.737. The lowest BCUT2D eigenvalue weighted by atomic mass is 10.2. The highest BCUT2D eigenvalue weighted by molar-refractivity contribution is 6.39. The van der Waals surface area contributed by atoms with Gasteiger partial charge in [-0.15, -0.1) is 0 Å². The van der Waals surface area contributed by atoms with E-state index in [1.807, 2.05) is 0 Å². The first kappa shape index (κ1) is 13.9. The van der Waals surface area contributed by atoms with Crippen LogP contribution in [0.25, 0.3) is 0 Å². The molecule has 7 heteroatoms. The first-order valence-corrected chi connectivity index (χ1v) is 6.87. The third-order valence-corrected chi connectivity index (χ3v) is 3.64. The van der Waals surface area contributed by atoms with E-state index in [4.69, 9.17) is 33.7 Å². The summed E-state index contributed by atoms with van der Waals surface area (Å²) in [7, 11) is 0. The van der Waals surface area contributed by atoms with Crippen LogP contribution in [-0.2, 0) is 4.79 Å². The number of nitrogen functional groups attached to an aromatic ring is 1. The molecule has 1 aliphatic heterocycles. The van der Waals surface area contributed by atoms with Crippen LogP contribution < -0.4 is 21.1 Å². The number of nitrogens with two attached hydrogens (primary N) is 1. The van der Waals surface area contributed by atoms with Gasteiger partial charge in [0, 0.05) is 6.07 Å². The van der Waals surface area contributed by atoms with E-state index in [1.165, 1.54) is 0 Å². The fourth-order valence-electron chi connectivity index (χ4n) is 2.00. The van der Waals surface area contributed by atoms with Crippen molar-refractivity contribution in [2.75, 3.05) is 23.0 Å². The molecule has 0 atom stereocenters. The van der Waals surface area contributed by atoms with E-state index in [1.54, 1.807) is 30.3 Å². The Labute approximate surface area is 131 Å². The molecule has 0 saturated carbocycles. The van der Waals surface area contributed by atoms with Crippen molar-refractivity contribution in [3.05, 3.63) is 40.4 Å². The minimum Gasteiger partial charge on any atom is -0.482 e. The molecule has 1 aliphatic rings. The molecular weight excluding hydrogens is 313 g/mol. The van der Waals surface area contributed by atoms with Gasteiger partial charge in [-0.2, -0.15) is 0 Å². The fraction of sp³-hybridized carbons (Fsp3) is 0.0714. The number of hydrogen-bond acceptors (Lipinski definition) is 4. The summed E-state index contributed by atoms with van der Waals surface area (Å²) < 4.78 is 5.30. The van der Waals surface area contributed by atoms with Crippen molar-refractivity contribution in [3.63, 3.8) is 0 Å². The summed E-state index contributed by atoms with van der Waals surface area (Å²) in [6, 6.07) is 8.51. The SMILES string of the molecule is Nc1cc2c(cc1Nc1c(Cl)cccc1Cl)NC(=O)CO2. The molecule has 2 aromatic carbocycles. The normalized spacial score (nSPS) is 13.1. The summed E-state index contributed by atoms with van der Waals surface area (Å²) in [6.45, 7) is -0.0183. The molecule has 0 fully saturated rings. The van der Waals surface area contributed by atoms with Crippen LogP contribution in [0.1, 0.15) is 0 Å². The lowest BCUT2D eigenvalue weighted by Gasteiger charge is -2.20. The molecule has 0 aromatic heterocycles. The van der Waals surface area contributed by atoms with Crippen LogP contribution in [0, 0.1) is 0 Å². The van der Waals surface area contributed by atoms with Gasteiger partial charge in [-0.3, -0.25) is 4.79 Å². The zero-order valence-corrected chi connectivity index (χ0v) is 12.3. The molecule has 3 rings (SSSR count). The van der Waals surface area contributed by atoms with Gasteiger partial charge in [0.25, 0.3) is 5.91 Å². The van der Waals surface area contributed by atoms with Crippen molar-refractivity contribution >= 4 is 51.9 Å². The van der Waals surface area contributed by atoms with E-state index in [9.17, 15) is 4.79 Å². The van der Waals surface area contributed by atoms with Crippen LogP contribution in [0.3, 0.4) is 0 Å². The summed E-state index contributed by atoms with van der Waals surface area (Å²) >= 11 is 12.2. The third-order valence-electron chi connectivity index (χ3n) is 3.01. The van der Waals surface area contributed by atoms with Gasteiger partial charge >= 0.3 is 0 Å². The number of halogens is 2. The number of hydrogen-bond donors (Lipinski definition) is 3. The second kappa shape index (κ2) is 5.35. The number of carbonyl (C=O) groups is 1. The smallest absolute Gasteiger partial charge is 0.262 e. The number of ether oxygens (including phenoxy) is 1. The Kier molecular flexibility index (Phi) is 3.53. The van der Waals surface area contributed by atoms with Crippen molar-refractivity contribution in [3.8, 4) is 5.75 Å². The van der Waals surface area contributed by atoms with Gasteiger partial charge in [-0.1, -0.05) is 29.3 Å². The van der Waals surface area contributed by atoms with Gasteiger partial charge < -0.3 is 21.1 Å². The average molecular weight is 324 g/mol.